The van der Waals surface area contributed by atoms with E-state index in [-0.39, 0.29) is 6.04 Å². The van der Waals surface area contributed by atoms with Crippen LogP contribution in [0.1, 0.15) is 20.3 Å². The SMILES string of the molecule is CCC(CS)CN1CCS(=O)(=O)CC1C. The highest BCUT2D eigenvalue weighted by Gasteiger charge is 2.28. The Morgan fingerprint density at radius 1 is 1.53 bits per heavy atom. The summed E-state index contributed by atoms with van der Waals surface area (Å²) in [4.78, 5) is 2.28. The van der Waals surface area contributed by atoms with Gasteiger partial charge in [0, 0.05) is 19.1 Å². The third-order valence-corrected chi connectivity index (χ3v) is 5.45. The van der Waals surface area contributed by atoms with E-state index in [1.807, 2.05) is 6.92 Å². The molecular weight excluding hydrogens is 230 g/mol. The van der Waals surface area contributed by atoms with Gasteiger partial charge in [-0.2, -0.15) is 12.6 Å². The summed E-state index contributed by atoms with van der Waals surface area (Å²) >= 11 is 4.31. The molecule has 1 aliphatic rings. The molecule has 5 heteroatoms. The summed E-state index contributed by atoms with van der Waals surface area (Å²) in [6.07, 6.45) is 1.11. The molecule has 1 fully saturated rings. The van der Waals surface area contributed by atoms with Crippen molar-refractivity contribution in [2.75, 3.05) is 30.3 Å². The first kappa shape index (κ1) is 13.3. The standard InChI is InChI=1S/C10H21NO2S2/c1-3-10(7-14)6-11-4-5-15(12,13)8-9(11)2/h9-10,14H,3-8H2,1-2H3. The predicted octanol–water partition coefficient (Wildman–Crippen LogP) is 1.06. The zero-order chi connectivity index (χ0) is 11.5. The fourth-order valence-corrected chi connectivity index (χ4v) is 3.95. The molecule has 0 saturated carbocycles. The van der Waals surface area contributed by atoms with Crippen molar-refractivity contribution >= 4 is 22.5 Å². The van der Waals surface area contributed by atoms with E-state index >= 15 is 0 Å². The Labute approximate surface area is 98.6 Å². The van der Waals surface area contributed by atoms with Crippen LogP contribution in [0.3, 0.4) is 0 Å². The minimum Gasteiger partial charge on any atom is -0.298 e. The molecule has 0 amide bonds. The van der Waals surface area contributed by atoms with E-state index in [1.54, 1.807) is 0 Å². The lowest BCUT2D eigenvalue weighted by Crippen LogP contribution is -2.48. The quantitative estimate of drug-likeness (QED) is 0.759. The smallest absolute Gasteiger partial charge is 0.153 e. The van der Waals surface area contributed by atoms with Crippen molar-refractivity contribution in [2.24, 2.45) is 5.92 Å². The molecule has 1 rings (SSSR count). The molecular formula is C10H21NO2S2. The lowest BCUT2D eigenvalue weighted by molar-refractivity contribution is 0.197. The summed E-state index contributed by atoms with van der Waals surface area (Å²) in [5.41, 5.74) is 0. The van der Waals surface area contributed by atoms with Crippen molar-refractivity contribution in [1.82, 2.24) is 4.90 Å². The summed E-state index contributed by atoms with van der Waals surface area (Å²) in [7, 11) is -2.77. The summed E-state index contributed by atoms with van der Waals surface area (Å²) in [5.74, 6) is 2.10. The number of thiol groups is 1. The molecule has 0 aromatic carbocycles. The molecule has 0 spiro atoms. The average Bonchev–Trinajstić information content (AvgIpc) is 2.16. The average molecular weight is 251 g/mol. The lowest BCUT2D eigenvalue weighted by Gasteiger charge is -2.35. The highest BCUT2D eigenvalue weighted by atomic mass is 32.2. The van der Waals surface area contributed by atoms with Crippen LogP contribution in [0, 0.1) is 5.92 Å². The predicted molar refractivity (Wildman–Crippen MR) is 67.3 cm³/mol. The van der Waals surface area contributed by atoms with E-state index in [4.69, 9.17) is 0 Å². The normalized spacial score (nSPS) is 28.9. The fourth-order valence-electron chi connectivity index (χ4n) is 1.95. The Kier molecular flexibility index (Phi) is 4.93. The first-order chi connectivity index (χ1) is 6.98. The molecule has 0 radical (unpaired) electrons. The number of sulfone groups is 1. The van der Waals surface area contributed by atoms with E-state index in [0.29, 0.717) is 24.0 Å². The third kappa shape index (κ3) is 3.96. The summed E-state index contributed by atoms with van der Waals surface area (Å²) in [5, 5.41) is 0. The van der Waals surface area contributed by atoms with Crippen molar-refractivity contribution < 1.29 is 8.42 Å². The molecule has 3 nitrogen and oxygen atoms in total. The Hall–Kier alpha value is 0.260. The van der Waals surface area contributed by atoms with Gasteiger partial charge in [-0.05, 0) is 18.6 Å². The van der Waals surface area contributed by atoms with E-state index < -0.39 is 9.84 Å². The first-order valence-electron chi connectivity index (χ1n) is 5.54. The van der Waals surface area contributed by atoms with Crippen LogP contribution in [0.25, 0.3) is 0 Å². The van der Waals surface area contributed by atoms with Crippen molar-refractivity contribution in [3.8, 4) is 0 Å². The zero-order valence-corrected chi connectivity index (χ0v) is 11.2. The third-order valence-electron chi connectivity index (χ3n) is 3.14. The van der Waals surface area contributed by atoms with Gasteiger partial charge in [0.1, 0.15) is 0 Å². The van der Waals surface area contributed by atoms with Crippen molar-refractivity contribution in [1.29, 1.82) is 0 Å². The maximum Gasteiger partial charge on any atom is 0.153 e. The van der Waals surface area contributed by atoms with E-state index in [9.17, 15) is 8.42 Å². The van der Waals surface area contributed by atoms with Gasteiger partial charge in [-0.3, -0.25) is 4.90 Å². The van der Waals surface area contributed by atoms with Crippen LogP contribution in [0.5, 0.6) is 0 Å². The first-order valence-corrected chi connectivity index (χ1v) is 7.99. The van der Waals surface area contributed by atoms with Gasteiger partial charge in [-0.15, -0.1) is 0 Å². The number of hydrogen-bond donors (Lipinski definition) is 1. The maximum absolute atomic E-state index is 11.4. The van der Waals surface area contributed by atoms with Gasteiger partial charge in [0.15, 0.2) is 9.84 Å². The monoisotopic (exact) mass is 251 g/mol. The largest absolute Gasteiger partial charge is 0.298 e. The summed E-state index contributed by atoms with van der Waals surface area (Å²) in [6, 6.07) is 0.165. The molecule has 1 heterocycles. The van der Waals surface area contributed by atoms with Gasteiger partial charge in [-0.1, -0.05) is 13.3 Å². The minimum atomic E-state index is -2.77. The molecule has 0 aliphatic carbocycles. The molecule has 15 heavy (non-hydrogen) atoms. The van der Waals surface area contributed by atoms with E-state index in [2.05, 4.69) is 24.5 Å². The second-order valence-corrected chi connectivity index (χ2v) is 7.01. The number of hydrogen-bond acceptors (Lipinski definition) is 4. The van der Waals surface area contributed by atoms with Gasteiger partial charge < -0.3 is 0 Å². The van der Waals surface area contributed by atoms with E-state index in [1.165, 1.54) is 0 Å². The second kappa shape index (κ2) is 5.55. The van der Waals surface area contributed by atoms with Crippen LogP contribution >= 0.6 is 12.6 Å². The van der Waals surface area contributed by atoms with Crippen molar-refractivity contribution in [3.05, 3.63) is 0 Å². The molecule has 0 aromatic rings. The molecule has 1 aliphatic heterocycles. The van der Waals surface area contributed by atoms with Crippen LogP contribution in [0.15, 0.2) is 0 Å². The van der Waals surface area contributed by atoms with Crippen LogP contribution in [0.4, 0.5) is 0 Å². The minimum absolute atomic E-state index is 0.165. The topological polar surface area (TPSA) is 37.4 Å². The highest BCUT2D eigenvalue weighted by molar-refractivity contribution is 7.91. The van der Waals surface area contributed by atoms with Crippen molar-refractivity contribution in [3.63, 3.8) is 0 Å². The number of rotatable bonds is 4. The van der Waals surface area contributed by atoms with Gasteiger partial charge in [0.05, 0.1) is 11.5 Å². The Bertz CT molecular complexity index is 286. The molecule has 1 saturated heterocycles. The van der Waals surface area contributed by atoms with Crippen molar-refractivity contribution in [2.45, 2.75) is 26.3 Å². The Morgan fingerprint density at radius 3 is 2.67 bits per heavy atom. The molecule has 90 valence electrons. The molecule has 2 atom stereocenters. The molecule has 2 unspecified atom stereocenters. The lowest BCUT2D eigenvalue weighted by atomic mass is 10.1. The highest BCUT2D eigenvalue weighted by Crippen LogP contribution is 2.15. The van der Waals surface area contributed by atoms with E-state index in [0.717, 1.165) is 18.7 Å². The van der Waals surface area contributed by atoms with Gasteiger partial charge in [-0.25, -0.2) is 8.42 Å². The summed E-state index contributed by atoms with van der Waals surface area (Å²) in [6.45, 7) is 5.83. The molecule has 0 aromatic heterocycles. The fraction of sp³-hybridized carbons (Fsp3) is 1.00. The second-order valence-electron chi connectivity index (χ2n) is 4.42. The molecule has 0 N–H and O–H groups in total. The van der Waals surface area contributed by atoms with Crippen LogP contribution < -0.4 is 0 Å². The van der Waals surface area contributed by atoms with Crippen LogP contribution in [-0.4, -0.2) is 49.7 Å². The van der Waals surface area contributed by atoms with Gasteiger partial charge >= 0.3 is 0 Å². The van der Waals surface area contributed by atoms with Crippen LogP contribution in [0.2, 0.25) is 0 Å². The zero-order valence-electron chi connectivity index (χ0n) is 9.52. The Morgan fingerprint density at radius 2 is 2.20 bits per heavy atom. The molecule has 0 bridgehead atoms. The maximum atomic E-state index is 11.4. The van der Waals surface area contributed by atoms with Gasteiger partial charge in [0.25, 0.3) is 0 Å². The summed E-state index contributed by atoms with van der Waals surface area (Å²) < 4.78 is 22.8. The van der Waals surface area contributed by atoms with Gasteiger partial charge in [0.2, 0.25) is 0 Å². The number of nitrogens with zero attached hydrogens (tertiary/aromatic N) is 1. The Balaban J connectivity index is 2.51. The van der Waals surface area contributed by atoms with Crippen LogP contribution in [-0.2, 0) is 9.84 Å².